The van der Waals surface area contributed by atoms with E-state index in [1.165, 1.54) is 23.4 Å². The maximum Gasteiger partial charge on any atom is 0.223 e. The minimum atomic E-state index is -0.652. The third-order valence-corrected chi connectivity index (χ3v) is 3.33. The Labute approximate surface area is 113 Å². The van der Waals surface area contributed by atoms with Crippen molar-refractivity contribution in [1.82, 2.24) is 15.0 Å². The van der Waals surface area contributed by atoms with E-state index in [1.807, 2.05) is 0 Å². The quantitative estimate of drug-likeness (QED) is 0.860. The van der Waals surface area contributed by atoms with Crippen LogP contribution in [-0.4, -0.2) is 27.5 Å². The van der Waals surface area contributed by atoms with Gasteiger partial charge < -0.3 is 9.42 Å². The van der Waals surface area contributed by atoms with Crippen molar-refractivity contribution in [2.75, 3.05) is 6.54 Å². The van der Waals surface area contributed by atoms with E-state index in [1.54, 1.807) is 0 Å². The highest BCUT2D eigenvalue weighted by molar-refractivity contribution is 5.79. The van der Waals surface area contributed by atoms with Gasteiger partial charge in [0.05, 0.1) is 0 Å². The van der Waals surface area contributed by atoms with E-state index in [2.05, 4.69) is 14.7 Å². The zero-order valence-electron chi connectivity index (χ0n) is 10.4. The summed E-state index contributed by atoms with van der Waals surface area (Å²) in [5.74, 6) is -1.07. The maximum absolute atomic E-state index is 13.6. The first-order chi connectivity index (χ1) is 9.63. The summed E-state index contributed by atoms with van der Waals surface area (Å²) in [6, 6.07) is 3.34. The topological polar surface area (TPSA) is 59.2 Å². The van der Waals surface area contributed by atoms with Crippen LogP contribution >= 0.6 is 0 Å². The van der Waals surface area contributed by atoms with Gasteiger partial charge in [0.2, 0.25) is 12.3 Å². The van der Waals surface area contributed by atoms with Crippen LogP contribution in [0.15, 0.2) is 29.1 Å². The Hall–Kier alpha value is -2.31. The number of hydrogen-bond donors (Lipinski definition) is 0. The van der Waals surface area contributed by atoms with Crippen LogP contribution in [0.2, 0.25) is 0 Å². The molecule has 3 rings (SSSR count). The molecular weight excluding hydrogens is 268 g/mol. The third-order valence-electron chi connectivity index (χ3n) is 3.33. The summed E-state index contributed by atoms with van der Waals surface area (Å²) >= 11 is 0. The second-order valence-electron chi connectivity index (χ2n) is 4.70. The van der Waals surface area contributed by atoms with Gasteiger partial charge >= 0.3 is 0 Å². The lowest BCUT2D eigenvalue weighted by atomic mass is 10.1. The van der Waals surface area contributed by atoms with Crippen LogP contribution in [0.4, 0.5) is 8.78 Å². The monoisotopic (exact) mass is 279 g/mol. The van der Waals surface area contributed by atoms with Crippen molar-refractivity contribution in [3.63, 3.8) is 0 Å². The van der Waals surface area contributed by atoms with Gasteiger partial charge in [-0.1, -0.05) is 11.2 Å². The number of rotatable bonds is 3. The van der Waals surface area contributed by atoms with Gasteiger partial charge in [-0.05, 0) is 6.07 Å². The number of amides is 1. The Kier molecular flexibility index (Phi) is 3.17. The molecule has 1 aromatic carbocycles. The fourth-order valence-corrected chi connectivity index (χ4v) is 2.31. The minimum absolute atomic E-state index is 0.108. The van der Waals surface area contributed by atoms with Crippen LogP contribution < -0.4 is 0 Å². The summed E-state index contributed by atoms with van der Waals surface area (Å²) in [6.45, 7) is 0.508. The average molecular weight is 279 g/mol. The molecule has 1 aromatic heterocycles. The lowest BCUT2D eigenvalue weighted by Gasteiger charge is -2.16. The van der Waals surface area contributed by atoms with Gasteiger partial charge in [0.1, 0.15) is 11.6 Å². The first-order valence-electron chi connectivity index (χ1n) is 6.11. The number of nitrogens with zero attached hydrogens (tertiary/aromatic N) is 3. The van der Waals surface area contributed by atoms with Gasteiger partial charge in [-0.3, -0.25) is 4.79 Å². The smallest absolute Gasteiger partial charge is 0.223 e. The normalized spacial score (nSPS) is 18.8. The molecule has 1 saturated heterocycles. The fourth-order valence-electron chi connectivity index (χ4n) is 2.31. The van der Waals surface area contributed by atoms with Crippen molar-refractivity contribution in [2.24, 2.45) is 0 Å². The maximum atomic E-state index is 13.6. The fraction of sp³-hybridized carbons (Fsp3) is 0.308. The molecule has 7 heteroatoms. The van der Waals surface area contributed by atoms with E-state index in [0.717, 1.165) is 6.07 Å². The molecule has 1 atom stereocenters. The average Bonchev–Trinajstić information content (AvgIpc) is 3.03. The third kappa shape index (κ3) is 2.38. The Balaban J connectivity index is 1.73. The van der Waals surface area contributed by atoms with E-state index in [4.69, 9.17) is 0 Å². The molecule has 0 spiro atoms. The van der Waals surface area contributed by atoms with Crippen LogP contribution in [-0.2, 0) is 11.3 Å². The zero-order valence-corrected chi connectivity index (χ0v) is 10.4. The standard InChI is InChI=1S/C13H11F2N3O2/c14-10-2-1-8(11(15)4-10)5-18-6-9(3-12(18)19)13-16-7-20-17-13/h1-2,4,7,9H,3,5-6H2. The molecule has 2 aromatic rings. The summed E-state index contributed by atoms with van der Waals surface area (Å²) in [6.07, 6.45) is 1.48. The van der Waals surface area contributed by atoms with E-state index < -0.39 is 11.6 Å². The van der Waals surface area contributed by atoms with E-state index in [0.29, 0.717) is 12.4 Å². The summed E-state index contributed by atoms with van der Waals surface area (Å²) in [4.78, 5) is 17.3. The van der Waals surface area contributed by atoms with E-state index in [9.17, 15) is 13.6 Å². The van der Waals surface area contributed by atoms with E-state index >= 15 is 0 Å². The molecule has 0 N–H and O–H groups in total. The lowest BCUT2D eigenvalue weighted by molar-refractivity contribution is -0.128. The zero-order chi connectivity index (χ0) is 14.1. The van der Waals surface area contributed by atoms with Crippen molar-refractivity contribution < 1.29 is 18.1 Å². The number of hydrogen-bond acceptors (Lipinski definition) is 4. The largest absolute Gasteiger partial charge is 0.343 e. The molecule has 1 aliphatic heterocycles. The predicted molar refractivity (Wildman–Crippen MR) is 63.4 cm³/mol. The molecule has 0 radical (unpaired) electrons. The minimum Gasteiger partial charge on any atom is -0.343 e. The van der Waals surface area contributed by atoms with Gasteiger partial charge in [-0.2, -0.15) is 4.98 Å². The van der Waals surface area contributed by atoms with Crippen molar-refractivity contribution in [1.29, 1.82) is 0 Å². The highest BCUT2D eigenvalue weighted by Crippen LogP contribution is 2.27. The van der Waals surface area contributed by atoms with Crippen LogP contribution in [0, 0.1) is 11.6 Å². The van der Waals surface area contributed by atoms with Crippen molar-refractivity contribution in [3.05, 3.63) is 47.6 Å². The highest BCUT2D eigenvalue weighted by atomic mass is 19.1. The predicted octanol–water partition coefficient (Wildman–Crippen LogP) is 1.86. The van der Waals surface area contributed by atoms with Crippen molar-refractivity contribution >= 4 is 5.91 Å². The summed E-state index contributed by atoms with van der Waals surface area (Å²) in [5, 5.41) is 3.71. The number of likely N-dealkylation sites (tertiary alicyclic amines) is 1. The van der Waals surface area contributed by atoms with Gasteiger partial charge in [-0.15, -0.1) is 0 Å². The molecule has 0 saturated carbocycles. The molecule has 1 unspecified atom stereocenters. The summed E-state index contributed by atoms with van der Waals surface area (Å²) in [7, 11) is 0. The van der Waals surface area contributed by atoms with Gasteiger partial charge in [0.15, 0.2) is 5.82 Å². The molecular formula is C13H11F2N3O2. The lowest BCUT2D eigenvalue weighted by Crippen LogP contribution is -2.25. The van der Waals surface area contributed by atoms with Crippen LogP contribution in [0.1, 0.15) is 23.7 Å². The molecule has 1 amide bonds. The highest BCUT2D eigenvalue weighted by Gasteiger charge is 2.33. The molecule has 2 heterocycles. The number of benzene rings is 1. The van der Waals surface area contributed by atoms with Crippen LogP contribution in [0.25, 0.3) is 0 Å². The summed E-state index contributed by atoms with van der Waals surface area (Å²) in [5.41, 5.74) is 0.286. The second kappa shape index (κ2) is 4.99. The van der Waals surface area contributed by atoms with Gasteiger partial charge in [0, 0.05) is 37.1 Å². The molecule has 0 aliphatic carbocycles. The molecule has 0 bridgehead atoms. The Morgan fingerprint density at radius 2 is 2.25 bits per heavy atom. The molecule has 1 aliphatic rings. The SMILES string of the molecule is O=C1CC(c2ncon2)CN1Cc1ccc(F)cc1F. The van der Waals surface area contributed by atoms with E-state index in [-0.39, 0.29) is 30.4 Å². The number of halogens is 2. The number of aromatic nitrogens is 2. The van der Waals surface area contributed by atoms with Crippen LogP contribution in [0.5, 0.6) is 0 Å². The summed E-state index contributed by atoms with van der Waals surface area (Å²) < 4.78 is 31.1. The number of carbonyl (C=O) groups is 1. The molecule has 104 valence electrons. The first-order valence-corrected chi connectivity index (χ1v) is 6.11. The molecule has 20 heavy (non-hydrogen) atoms. The Morgan fingerprint density at radius 3 is 2.95 bits per heavy atom. The van der Waals surface area contributed by atoms with Crippen molar-refractivity contribution in [2.45, 2.75) is 18.9 Å². The first kappa shape index (κ1) is 12.7. The molecule has 5 nitrogen and oxygen atoms in total. The van der Waals surface area contributed by atoms with Crippen molar-refractivity contribution in [3.8, 4) is 0 Å². The Bertz CT molecular complexity index is 631. The number of carbonyl (C=O) groups excluding carboxylic acids is 1. The van der Waals surface area contributed by atoms with Crippen LogP contribution in [0.3, 0.4) is 0 Å². The second-order valence-corrected chi connectivity index (χ2v) is 4.70. The molecule has 1 fully saturated rings. The van der Waals surface area contributed by atoms with Gasteiger partial charge in [-0.25, -0.2) is 8.78 Å². The van der Waals surface area contributed by atoms with Gasteiger partial charge in [0.25, 0.3) is 0 Å². The Morgan fingerprint density at radius 1 is 1.40 bits per heavy atom.